The molecule has 0 saturated heterocycles. The minimum atomic E-state index is -0.140. The van der Waals surface area contributed by atoms with Gasteiger partial charge in [-0.1, -0.05) is 6.42 Å². The zero-order valence-electron chi connectivity index (χ0n) is 9.99. The van der Waals surface area contributed by atoms with Gasteiger partial charge in [-0.25, -0.2) is 0 Å². The number of nitrogens with zero attached hydrogens (tertiary/aromatic N) is 1. The molecule has 1 saturated carbocycles. The molecule has 0 aliphatic heterocycles. The van der Waals surface area contributed by atoms with E-state index in [1.165, 1.54) is 6.42 Å². The molecule has 0 amide bonds. The fourth-order valence-electron chi connectivity index (χ4n) is 2.05. The first-order valence-corrected chi connectivity index (χ1v) is 6.81. The van der Waals surface area contributed by atoms with E-state index in [1.807, 2.05) is 6.07 Å². The summed E-state index contributed by atoms with van der Waals surface area (Å²) in [7, 11) is 0. The molecule has 1 fully saturated rings. The lowest BCUT2D eigenvalue weighted by atomic mass is 9.91. The van der Waals surface area contributed by atoms with Gasteiger partial charge in [0.15, 0.2) is 0 Å². The first kappa shape index (κ1) is 13.3. The number of hydrogen-bond donors (Lipinski definition) is 3. The van der Waals surface area contributed by atoms with Crippen molar-refractivity contribution in [3.05, 3.63) is 27.7 Å². The molecule has 18 heavy (non-hydrogen) atoms. The SMILES string of the molecule is N#Cc1cc(C(CO)NC2CCC2)cc(Br)c1N. The van der Waals surface area contributed by atoms with Gasteiger partial charge in [-0.15, -0.1) is 0 Å². The van der Waals surface area contributed by atoms with Crippen molar-refractivity contribution in [2.24, 2.45) is 0 Å². The van der Waals surface area contributed by atoms with Crippen molar-refractivity contribution in [2.75, 3.05) is 12.3 Å². The lowest BCUT2D eigenvalue weighted by Crippen LogP contribution is -2.39. The molecule has 96 valence electrons. The zero-order chi connectivity index (χ0) is 13.1. The van der Waals surface area contributed by atoms with Crippen molar-refractivity contribution >= 4 is 21.6 Å². The van der Waals surface area contributed by atoms with Crippen LogP contribution in [-0.2, 0) is 0 Å². The number of aliphatic hydroxyl groups excluding tert-OH is 1. The van der Waals surface area contributed by atoms with Crippen molar-refractivity contribution in [3.63, 3.8) is 0 Å². The van der Waals surface area contributed by atoms with E-state index in [0.29, 0.717) is 21.8 Å². The zero-order valence-corrected chi connectivity index (χ0v) is 11.6. The van der Waals surface area contributed by atoms with Crippen LogP contribution in [0.3, 0.4) is 0 Å². The Morgan fingerprint density at radius 2 is 2.28 bits per heavy atom. The molecule has 0 bridgehead atoms. The molecular weight excluding hydrogens is 294 g/mol. The highest BCUT2D eigenvalue weighted by molar-refractivity contribution is 9.10. The number of nitrogens with two attached hydrogens (primary N) is 1. The lowest BCUT2D eigenvalue weighted by Gasteiger charge is -2.31. The van der Waals surface area contributed by atoms with E-state index in [4.69, 9.17) is 11.0 Å². The summed E-state index contributed by atoms with van der Waals surface area (Å²) < 4.78 is 0.699. The summed E-state index contributed by atoms with van der Waals surface area (Å²) in [6.07, 6.45) is 3.54. The first-order chi connectivity index (χ1) is 8.65. The highest BCUT2D eigenvalue weighted by Crippen LogP contribution is 2.29. The van der Waals surface area contributed by atoms with Crippen molar-refractivity contribution < 1.29 is 5.11 Å². The summed E-state index contributed by atoms with van der Waals surface area (Å²) in [5.41, 5.74) is 7.56. The van der Waals surface area contributed by atoms with Crippen LogP contribution in [0.25, 0.3) is 0 Å². The Kier molecular flexibility index (Phi) is 4.23. The van der Waals surface area contributed by atoms with Gasteiger partial charge >= 0.3 is 0 Å². The molecule has 1 unspecified atom stereocenters. The molecule has 4 nitrogen and oxygen atoms in total. The third-order valence-electron chi connectivity index (χ3n) is 3.40. The number of benzene rings is 1. The monoisotopic (exact) mass is 309 g/mol. The van der Waals surface area contributed by atoms with E-state index in [-0.39, 0.29) is 12.6 Å². The number of nitriles is 1. The minimum absolute atomic E-state index is 0.0116. The maximum absolute atomic E-state index is 9.48. The van der Waals surface area contributed by atoms with Crippen LogP contribution in [-0.4, -0.2) is 17.8 Å². The number of anilines is 1. The van der Waals surface area contributed by atoms with E-state index in [2.05, 4.69) is 27.3 Å². The molecule has 1 aromatic rings. The van der Waals surface area contributed by atoms with E-state index in [1.54, 1.807) is 6.07 Å². The summed E-state index contributed by atoms with van der Waals surface area (Å²) in [5.74, 6) is 0. The number of rotatable bonds is 4. The Labute approximate surface area is 115 Å². The lowest BCUT2D eigenvalue weighted by molar-refractivity contribution is 0.209. The van der Waals surface area contributed by atoms with E-state index in [9.17, 15) is 5.11 Å². The summed E-state index contributed by atoms with van der Waals surface area (Å²) in [6.45, 7) is 0.0116. The fourth-order valence-corrected chi connectivity index (χ4v) is 2.52. The third kappa shape index (κ3) is 2.66. The van der Waals surface area contributed by atoms with Gasteiger partial charge in [0, 0.05) is 10.5 Å². The van der Waals surface area contributed by atoms with Crippen molar-refractivity contribution in [2.45, 2.75) is 31.3 Å². The van der Waals surface area contributed by atoms with Gasteiger partial charge in [0.05, 0.1) is 23.9 Å². The second-order valence-electron chi connectivity index (χ2n) is 4.61. The third-order valence-corrected chi connectivity index (χ3v) is 4.06. The van der Waals surface area contributed by atoms with Crippen molar-refractivity contribution in [1.29, 1.82) is 5.26 Å². The predicted molar refractivity (Wildman–Crippen MR) is 73.9 cm³/mol. The van der Waals surface area contributed by atoms with Crippen LogP contribution >= 0.6 is 15.9 Å². The molecule has 4 N–H and O–H groups in total. The molecule has 1 aliphatic carbocycles. The van der Waals surface area contributed by atoms with Gasteiger partial charge in [-0.2, -0.15) is 5.26 Å². The number of hydrogen-bond acceptors (Lipinski definition) is 4. The van der Waals surface area contributed by atoms with Crippen LogP contribution in [0.1, 0.15) is 36.4 Å². The highest BCUT2D eigenvalue weighted by Gasteiger charge is 2.22. The van der Waals surface area contributed by atoms with Crippen LogP contribution in [0.5, 0.6) is 0 Å². The first-order valence-electron chi connectivity index (χ1n) is 6.01. The van der Waals surface area contributed by atoms with Crippen LogP contribution in [0, 0.1) is 11.3 Å². The van der Waals surface area contributed by atoms with Crippen molar-refractivity contribution in [3.8, 4) is 6.07 Å². The number of nitrogen functional groups attached to an aromatic ring is 1. The molecule has 1 atom stereocenters. The van der Waals surface area contributed by atoms with E-state index >= 15 is 0 Å². The number of halogens is 1. The predicted octanol–water partition coefficient (Wildman–Crippen LogP) is 2.08. The maximum Gasteiger partial charge on any atom is 0.101 e. The van der Waals surface area contributed by atoms with Gasteiger partial charge in [0.2, 0.25) is 0 Å². The van der Waals surface area contributed by atoms with Gasteiger partial charge in [-0.3, -0.25) is 0 Å². The Bertz CT molecular complexity index is 480. The van der Waals surface area contributed by atoms with Crippen LogP contribution in [0.15, 0.2) is 16.6 Å². The van der Waals surface area contributed by atoms with E-state index in [0.717, 1.165) is 18.4 Å². The van der Waals surface area contributed by atoms with Gasteiger partial charge in [0.1, 0.15) is 6.07 Å². The molecular formula is C13H16BrN3O. The molecule has 0 radical (unpaired) electrons. The Hall–Kier alpha value is -1.09. The molecule has 5 heteroatoms. The molecule has 0 aromatic heterocycles. The van der Waals surface area contributed by atoms with Crippen LogP contribution in [0.4, 0.5) is 5.69 Å². The molecule has 1 aliphatic rings. The Morgan fingerprint density at radius 3 is 2.78 bits per heavy atom. The average Bonchev–Trinajstić information content (AvgIpc) is 2.31. The van der Waals surface area contributed by atoms with Gasteiger partial charge < -0.3 is 16.2 Å². The summed E-state index contributed by atoms with van der Waals surface area (Å²) in [4.78, 5) is 0. The quantitative estimate of drug-likeness (QED) is 0.744. The Balaban J connectivity index is 2.24. The van der Waals surface area contributed by atoms with Crippen LogP contribution in [0.2, 0.25) is 0 Å². The largest absolute Gasteiger partial charge is 0.397 e. The van der Waals surface area contributed by atoms with Gasteiger partial charge in [0.25, 0.3) is 0 Å². The summed E-state index contributed by atoms with van der Waals surface area (Å²) in [5, 5.41) is 21.9. The minimum Gasteiger partial charge on any atom is -0.397 e. The number of aliphatic hydroxyl groups is 1. The van der Waals surface area contributed by atoms with Gasteiger partial charge in [-0.05, 0) is 46.5 Å². The normalized spacial score (nSPS) is 16.9. The summed E-state index contributed by atoms with van der Waals surface area (Å²) in [6, 6.07) is 6.02. The average molecular weight is 310 g/mol. The summed E-state index contributed by atoms with van der Waals surface area (Å²) >= 11 is 3.35. The van der Waals surface area contributed by atoms with Crippen molar-refractivity contribution in [1.82, 2.24) is 5.32 Å². The van der Waals surface area contributed by atoms with Crippen LogP contribution < -0.4 is 11.1 Å². The molecule has 1 aromatic carbocycles. The second-order valence-corrected chi connectivity index (χ2v) is 5.46. The Morgan fingerprint density at radius 1 is 1.56 bits per heavy atom. The second kappa shape index (κ2) is 5.70. The highest BCUT2D eigenvalue weighted by atomic mass is 79.9. The molecule has 2 rings (SSSR count). The maximum atomic E-state index is 9.48. The molecule has 0 heterocycles. The smallest absolute Gasteiger partial charge is 0.101 e. The van der Waals surface area contributed by atoms with E-state index < -0.39 is 0 Å². The molecule has 0 spiro atoms. The topological polar surface area (TPSA) is 82.1 Å². The number of nitrogens with one attached hydrogen (secondary N) is 1. The standard InChI is InChI=1S/C13H16BrN3O/c14-11-5-8(4-9(6-15)13(11)16)12(7-18)17-10-2-1-3-10/h4-5,10,12,17-18H,1-3,7,16H2. The fraction of sp³-hybridized carbons (Fsp3) is 0.462.